The second kappa shape index (κ2) is 6.01. The standard InChI is InChI=1S/C18H25N3O/c1-13-4-5-15-16(11-13)20-18(19-15)17-3-2-8-21(17)12-14-6-9-22-10-7-14/h4-5,11,14,17H,2-3,6-10,12H2,1H3,(H,19,20)/t17-/m1/s1. The highest BCUT2D eigenvalue weighted by atomic mass is 16.5. The van der Waals surface area contributed by atoms with Crippen LogP contribution < -0.4 is 0 Å². The van der Waals surface area contributed by atoms with E-state index in [4.69, 9.17) is 9.72 Å². The summed E-state index contributed by atoms with van der Waals surface area (Å²) in [6.07, 6.45) is 4.93. The SMILES string of the molecule is Cc1ccc2nc([C@H]3CCCN3CC3CCOCC3)[nH]c2c1. The summed E-state index contributed by atoms with van der Waals surface area (Å²) in [4.78, 5) is 11.1. The zero-order valence-electron chi connectivity index (χ0n) is 13.3. The summed E-state index contributed by atoms with van der Waals surface area (Å²) in [6, 6.07) is 6.93. The fraction of sp³-hybridized carbons (Fsp3) is 0.611. The van der Waals surface area contributed by atoms with E-state index in [1.165, 1.54) is 49.9 Å². The van der Waals surface area contributed by atoms with Crippen molar-refractivity contribution in [2.45, 2.75) is 38.6 Å². The normalized spacial score (nSPS) is 24.3. The summed E-state index contributed by atoms with van der Waals surface area (Å²) < 4.78 is 5.49. The minimum absolute atomic E-state index is 0.468. The molecular formula is C18H25N3O. The lowest BCUT2D eigenvalue weighted by molar-refractivity contribution is 0.0502. The lowest BCUT2D eigenvalue weighted by Gasteiger charge is -2.30. The number of rotatable bonds is 3. The number of benzene rings is 1. The Kier molecular flexibility index (Phi) is 3.89. The molecule has 0 amide bonds. The van der Waals surface area contributed by atoms with Crippen LogP contribution in [-0.2, 0) is 4.74 Å². The summed E-state index contributed by atoms with van der Waals surface area (Å²) in [7, 11) is 0. The van der Waals surface area contributed by atoms with E-state index in [0.717, 1.165) is 30.5 Å². The number of aryl methyl sites for hydroxylation is 1. The maximum Gasteiger partial charge on any atom is 0.124 e. The summed E-state index contributed by atoms with van der Waals surface area (Å²) in [5.41, 5.74) is 3.56. The fourth-order valence-electron chi connectivity index (χ4n) is 3.92. The molecule has 4 rings (SSSR count). The third-order valence-electron chi connectivity index (χ3n) is 5.17. The highest BCUT2D eigenvalue weighted by molar-refractivity contribution is 5.75. The van der Waals surface area contributed by atoms with Crippen LogP contribution in [0.2, 0.25) is 0 Å². The van der Waals surface area contributed by atoms with Gasteiger partial charge in [-0.05, 0) is 62.8 Å². The van der Waals surface area contributed by atoms with Crippen LogP contribution in [-0.4, -0.2) is 41.2 Å². The van der Waals surface area contributed by atoms with E-state index < -0.39 is 0 Å². The van der Waals surface area contributed by atoms with Gasteiger partial charge in [-0.15, -0.1) is 0 Å². The Morgan fingerprint density at radius 3 is 3.00 bits per heavy atom. The van der Waals surface area contributed by atoms with Crippen molar-refractivity contribution in [1.29, 1.82) is 0 Å². The zero-order valence-corrected chi connectivity index (χ0v) is 13.3. The van der Waals surface area contributed by atoms with Gasteiger partial charge in [0, 0.05) is 19.8 Å². The number of H-pyrrole nitrogens is 1. The van der Waals surface area contributed by atoms with E-state index in [0.29, 0.717) is 6.04 Å². The Hall–Kier alpha value is -1.39. The van der Waals surface area contributed by atoms with E-state index in [1.54, 1.807) is 0 Å². The van der Waals surface area contributed by atoms with Crippen LogP contribution in [0, 0.1) is 12.8 Å². The van der Waals surface area contributed by atoms with Gasteiger partial charge in [-0.25, -0.2) is 4.98 Å². The molecular weight excluding hydrogens is 274 g/mol. The molecule has 1 aromatic carbocycles. The number of imidazole rings is 1. The molecule has 0 saturated carbocycles. The number of likely N-dealkylation sites (tertiary alicyclic amines) is 1. The van der Waals surface area contributed by atoms with Crippen LogP contribution >= 0.6 is 0 Å². The first-order valence-corrected chi connectivity index (χ1v) is 8.57. The highest BCUT2D eigenvalue weighted by Gasteiger charge is 2.30. The molecule has 0 unspecified atom stereocenters. The number of nitrogens with one attached hydrogen (secondary N) is 1. The average molecular weight is 299 g/mol. The third kappa shape index (κ3) is 2.77. The molecule has 0 bridgehead atoms. The molecule has 118 valence electrons. The van der Waals surface area contributed by atoms with E-state index >= 15 is 0 Å². The molecule has 4 heteroatoms. The molecule has 1 N–H and O–H groups in total. The first-order chi connectivity index (χ1) is 10.8. The first-order valence-electron chi connectivity index (χ1n) is 8.57. The predicted octanol–water partition coefficient (Wildman–Crippen LogP) is 3.43. The smallest absolute Gasteiger partial charge is 0.124 e. The average Bonchev–Trinajstić information content (AvgIpc) is 3.14. The van der Waals surface area contributed by atoms with E-state index in [2.05, 4.69) is 35.0 Å². The fourth-order valence-corrected chi connectivity index (χ4v) is 3.92. The molecule has 4 nitrogen and oxygen atoms in total. The Bertz CT molecular complexity index is 645. The molecule has 0 spiro atoms. The van der Waals surface area contributed by atoms with Gasteiger partial charge in [-0.3, -0.25) is 4.90 Å². The molecule has 1 atom stereocenters. The van der Waals surface area contributed by atoms with Crippen molar-refractivity contribution in [2.75, 3.05) is 26.3 Å². The highest BCUT2D eigenvalue weighted by Crippen LogP contribution is 2.33. The molecule has 22 heavy (non-hydrogen) atoms. The van der Waals surface area contributed by atoms with Gasteiger partial charge in [-0.1, -0.05) is 6.07 Å². The second-order valence-electron chi connectivity index (χ2n) is 6.85. The summed E-state index contributed by atoms with van der Waals surface area (Å²) >= 11 is 0. The Morgan fingerprint density at radius 2 is 2.14 bits per heavy atom. The number of hydrogen-bond donors (Lipinski definition) is 1. The monoisotopic (exact) mass is 299 g/mol. The van der Waals surface area contributed by atoms with Gasteiger partial charge in [-0.2, -0.15) is 0 Å². The number of nitrogens with zero attached hydrogens (tertiary/aromatic N) is 2. The Labute approximate surface area is 131 Å². The van der Waals surface area contributed by atoms with Crippen molar-refractivity contribution in [3.8, 4) is 0 Å². The molecule has 3 heterocycles. The van der Waals surface area contributed by atoms with Gasteiger partial charge in [0.05, 0.1) is 17.1 Å². The molecule has 2 saturated heterocycles. The van der Waals surface area contributed by atoms with E-state index in [1.807, 2.05) is 0 Å². The maximum absolute atomic E-state index is 5.49. The first kappa shape index (κ1) is 14.2. The number of aromatic nitrogens is 2. The minimum Gasteiger partial charge on any atom is -0.381 e. The zero-order chi connectivity index (χ0) is 14.9. The summed E-state index contributed by atoms with van der Waals surface area (Å²) in [5, 5.41) is 0. The molecule has 0 radical (unpaired) electrons. The molecule has 2 aliphatic rings. The number of aromatic amines is 1. The summed E-state index contributed by atoms with van der Waals surface area (Å²) in [5.74, 6) is 1.95. The van der Waals surface area contributed by atoms with Crippen LogP contribution in [0.3, 0.4) is 0 Å². The topological polar surface area (TPSA) is 41.2 Å². The lowest BCUT2D eigenvalue weighted by atomic mass is 9.99. The number of hydrogen-bond acceptors (Lipinski definition) is 3. The summed E-state index contributed by atoms with van der Waals surface area (Å²) in [6.45, 7) is 6.41. The number of fused-ring (bicyclic) bond motifs is 1. The van der Waals surface area contributed by atoms with Gasteiger partial charge in [0.15, 0.2) is 0 Å². The van der Waals surface area contributed by atoms with Crippen molar-refractivity contribution in [1.82, 2.24) is 14.9 Å². The van der Waals surface area contributed by atoms with E-state index in [-0.39, 0.29) is 0 Å². The van der Waals surface area contributed by atoms with Crippen molar-refractivity contribution < 1.29 is 4.74 Å². The Balaban J connectivity index is 1.53. The van der Waals surface area contributed by atoms with Gasteiger partial charge in [0.1, 0.15) is 5.82 Å². The van der Waals surface area contributed by atoms with Crippen molar-refractivity contribution in [3.05, 3.63) is 29.6 Å². The van der Waals surface area contributed by atoms with Gasteiger partial charge in [0.2, 0.25) is 0 Å². The van der Waals surface area contributed by atoms with Crippen LogP contribution in [0.15, 0.2) is 18.2 Å². The predicted molar refractivity (Wildman–Crippen MR) is 87.9 cm³/mol. The quantitative estimate of drug-likeness (QED) is 0.944. The van der Waals surface area contributed by atoms with Gasteiger partial charge in [0.25, 0.3) is 0 Å². The number of ether oxygens (including phenoxy) is 1. The van der Waals surface area contributed by atoms with Crippen LogP contribution in [0.4, 0.5) is 0 Å². The van der Waals surface area contributed by atoms with Crippen LogP contribution in [0.5, 0.6) is 0 Å². The van der Waals surface area contributed by atoms with Gasteiger partial charge >= 0.3 is 0 Å². The van der Waals surface area contributed by atoms with Gasteiger partial charge < -0.3 is 9.72 Å². The van der Waals surface area contributed by atoms with Crippen molar-refractivity contribution in [3.63, 3.8) is 0 Å². The third-order valence-corrected chi connectivity index (χ3v) is 5.17. The molecule has 2 aromatic rings. The van der Waals surface area contributed by atoms with Crippen LogP contribution in [0.1, 0.15) is 43.1 Å². The molecule has 0 aliphatic carbocycles. The van der Waals surface area contributed by atoms with Crippen molar-refractivity contribution in [2.24, 2.45) is 5.92 Å². The minimum atomic E-state index is 0.468. The second-order valence-corrected chi connectivity index (χ2v) is 6.85. The lowest BCUT2D eigenvalue weighted by Crippen LogP contribution is -2.32. The van der Waals surface area contributed by atoms with E-state index in [9.17, 15) is 0 Å². The largest absolute Gasteiger partial charge is 0.381 e. The molecule has 2 aliphatic heterocycles. The Morgan fingerprint density at radius 1 is 1.27 bits per heavy atom. The maximum atomic E-state index is 5.49. The molecule has 1 aromatic heterocycles. The molecule has 2 fully saturated rings. The van der Waals surface area contributed by atoms with Crippen LogP contribution in [0.25, 0.3) is 11.0 Å². The van der Waals surface area contributed by atoms with Crippen molar-refractivity contribution >= 4 is 11.0 Å².